The van der Waals surface area contributed by atoms with E-state index in [1.165, 1.54) is 0 Å². The number of rotatable bonds is 2. The van der Waals surface area contributed by atoms with Crippen LogP contribution in [0.3, 0.4) is 0 Å². The largest absolute Gasteiger partial charge is 0.383 e. The van der Waals surface area contributed by atoms with Crippen molar-refractivity contribution < 1.29 is 0 Å². The first kappa shape index (κ1) is 10.4. The smallest absolute Gasteiger partial charge is 0.199 e. The van der Waals surface area contributed by atoms with E-state index >= 15 is 0 Å². The van der Waals surface area contributed by atoms with Crippen molar-refractivity contribution >= 4 is 5.82 Å². The fraction of sp³-hybridized carbons (Fsp3) is 0.200. The number of nitrogen functional groups attached to an aromatic ring is 1. The van der Waals surface area contributed by atoms with Gasteiger partial charge in [-0.25, -0.2) is 19.9 Å². The minimum absolute atomic E-state index is 0.320. The molecule has 0 aromatic carbocycles. The Morgan fingerprint density at radius 2 is 1.69 bits per heavy atom. The molecule has 0 bridgehead atoms. The average Bonchev–Trinajstić information content (AvgIpc) is 2.30. The van der Waals surface area contributed by atoms with Crippen LogP contribution in [-0.2, 0) is 6.54 Å². The Labute approximate surface area is 92.8 Å². The third kappa shape index (κ3) is 1.96. The van der Waals surface area contributed by atoms with Crippen LogP contribution in [0.4, 0.5) is 5.82 Å². The quantitative estimate of drug-likeness (QED) is 0.747. The van der Waals surface area contributed by atoms with Crippen molar-refractivity contribution in [3.63, 3.8) is 0 Å². The average molecular weight is 216 g/mol. The summed E-state index contributed by atoms with van der Waals surface area (Å²) in [6.45, 7) is 2.23. The van der Waals surface area contributed by atoms with Crippen molar-refractivity contribution in [2.75, 3.05) is 5.73 Å². The standard InChI is InChI=1S/C10H12N6/c1-6-3-13-9(14-4-6)10-15-5-7(2-11)8(12)16-10/h3-5H,2,11H2,1H3,(H2,12,15,16). The van der Waals surface area contributed by atoms with Gasteiger partial charge < -0.3 is 11.5 Å². The van der Waals surface area contributed by atoms with Gasteiger partial charge in [-0.05, 0) is 12.5 Å². The summed E-state index contributed by atoms with van der Waals surface area (Å²) >= 11 is 0. The molecule has 0 fully saturated rings. The van der Waals surface area contributed by atoms with Gasteiger partial charge in [-0.3, -0.25) is 0 Å². The molecule has 0 aliphatic carbocycles. The molecule has 0 radical (unpaired) electrons. The lowest BCUT2D eigenvalue weighted by Gasteiger charge is -2.03. The van der Waals surface area contributed by atoms with Crippen LogP contribution in [0.5, 0.6) is 0 Å². The molecule has 0 aliphatic heterocycles. The van der Waals surface area contributed by atoms with Crippen LogP contribution < -0.4 is 11.5 Å². The molecule has 2 heterocycles. The number of nitrogens with zero attached hydrogens (tertiary/aromatic N) is 4. The fourth-order valence-electron chi connectivity index (χ4n) is 1.19. The summed E-state index contributed by atoms with van der Waals surface area (Å²) in [4.78, 5) is 16.5. The van der Waals surface area contributed by atoms with E-state index in [1.54, 1.807) is 18.6 Å². The van der Waals surface area contributed by atoms with Crippen molar-refractivity contribution in [3.05, 3.63) is 29.7 Å². The Morgan fingerprint density at radius 1 is 1.06 bits per heavy atom. The van der Waals surface area contributed by atoms with Gasteiger partial charge in [0, 0.05) is 30.7 Å². The Kier molecular flexibility index (Phi) is 2.74. The molecular weight excluding hydrogens is 204 g/mol. The van der Waals surface area contributed by atoms with E-state index in [9.17, 15) is 0 Å². The molecule has 6 heteroatoms. The van der Waals surface area contributed by atoms with Crippen molar-refractivity contribution in [1.29, 1.82) is 0 Å². The van der Waals surface area contributed by atoms with Crippen molar-refractivity contribution in [2.24, 2.45) is 5.73 Å². The van der Waals surface area contributed by atoms with Gasteiger partial charge >= 0.3 is 0 Å². The van der Waals surface area contributed by atoms with Crippen LogP contribution in [0, 0.1) is 6.92 Å². The zero-order chi connectivity index (χ0) is 11.5. The molecule has 6 nitrogen and oxygen atoms in total. The highest BCUT2D eigenvalue weighted by molar-refractivity contribution is 5.49. The van der Waals surface area contributed by atoms with E-state index in [-0.39, 0.29) is 0 Å². The molecule has 2 rings (SSSR count). The van der Waals surface area contributed by atoms with Gasteiger partial charge in [0.25, 0.3) is 0 Å². The second-order valence-corrected chi connectivity index (χ2v) is 3.39. The lowest BCUT2D eigenvalue weighted by atomic mass is 10.3. The third-order valence-electron chi connectivity index (χ3n) is 2.10. The third-order valence-corrected chi connectivity index (χ3v) is 2.10. The summed E-state index contributed by atoms with van der Waals surface area (Å²) < 4.78 is 0. The molecule has 0 atom stereocenters. The maximum absolute atomic E-state index is 5.71. The molecule has 0 unspecified atom stereocenters. The van der Waals surface area contributed by atoms with Crippen LogP contribution in [0.1, 0.15) is 11.1 Å². The summed E-state index contributed by atoms with van der Waals surface area (Å²) in [5.41, 5.74) is 12.9. The molecule has 0 saturated carbocycles. The highest BCUT2D eigenvalue weighted by Gasteiger charge is 2.07. The SMILES string of the molecule is Cc1cnc(-c2ncc(CN)c(N)n2)nc1. The number of aryl methyl sites for hydroxylation is 1. The van der Waals surface area contributed by atoms with Crippen molar-refractivity contribution in [2.45, 2.75) is 13.5 Å². The van der Waals surface area contributed by atoms with Crippen LogP contribution in [-0.4, -0.2) is 19.9 Å². The number of nitrogens with two attached hydrogens (primary N) is 2. The number of aromatic nitrogens is 4. The molecule has 4 N–H and O–H groups in total. The van der Waals surface area contributed by atoms with E-state index < -0.39 is 0 Å². The predicted molar refractivity (Wildman–Crippen MR) is 60.1 cm³/mol. The highest BCUT2D eigenvalue weighted by atomic mass is 15.0. The second kappa shape index (κ2) is 4.19. The van der Waals surface area contributed by atoms with E-state index in [1.807, 2.05) is 6.92 Å². The summed E-state index contributed by atoms with van der Waals surface area (Å²) in [5.74, 6) is 1.24. The van der Waals surface area contributed by atoms with Gasteiger partial charge in [-0.15, -0.1) is 0 Å². The van der Waals surface area contributed by atoms with Crippen molar-refractivity contribution in [1.82, 2.24) is 19.9 Å². The van der Waals surface area contributed by atoms with Crippen LogP contribution in [0.2, 0.25) is 0 Å². The molecule has 0 spiro atoms. The molecule has 2 aromatic rings. The van der Waals surface area contributed by atoms with Crippen LogP contribution in [0.15, 0.2) is 18.6 Å². The molecule has 82 valence electrons. The molecular formula is C10H12N6. The molecule has 0 amide bonds. The molecule has 2 aromatic heterocycles. The van der Waals surface area contributed by atoms with E-state index in [2.05, 4.69) is 19.9 Å². The summed E-state index contributed by atoms with van der Waals surface area (Å²) in [5, 5.41) is 0. The predicted octanol–water partition coefficient (Wildman–Crippen LogP) is 0.283. The Morgan fingerprint density at radius 3 is 2.25 bits per heavy atom. The summed E-state index contributed by atoms with van der Waals surface area (Å²) in [7, 11) is 0. The van der Waals surface area contributed by atoms with Crippen molar-refractivity contribution in [3.8, 4) is 11.6 Å². The number of anilines is 1. The lowest BCUT2D eigenvalue weighted by molar-refractivity contribution is 1.00. The van der Waals surface area contributed by atoms with Gasteiger partial charge in [-0.2, -0.15) is 0 Å². The Hall–Kier alpha value is -2.08. The second-order valence-electron chi connectivity index (χ2n) is 3.39. The minimum atomic E-state index is 0.320. The van der Waals surface area contributed by atoms with Gasteiger partial charge in [0.15, 0.2) is 11.6 Å². The minimum Gasteiger partial charge on any atom is -0.383 e. The van der Waals surface area contributed by atoms with Crippen LogP contribution in [0.25, 0.3) is 11.6 Å². The normalized spacial score (nSPS) is 10.4. The van der Waals surface area contributed by atoms with E-state index in [4.69, 9.17) is 11.5 Å². The maximum atomic E-state index is 5.71. The molecule has 0 aliphatic rings. The van der Waals surface area contributed by atoms with E-state index in [0.29, 0.717) is 24.0 Å². The van der Waals surface area contributed by atoms with Gasteiger partial charge in [0.05, 0.1) is 0 Å². The van der Waals surface area contributed by atoms with Crippen LogP contribution >= 0.6 is 0 Å². The molecule has 0 saturated heterocycles. The maximum Gasteiger partial charge on any atom is 0.199 e. The number of hydrogen-bond donors (Lipinski definition) is 2. The number of hydrogen-bond acceptors (Lipinski definition) is 6. The lowest BCUT2D eigenvalue weighted by Crippen LogP contribution is -2.06. The Balaban J connectivity index is 2.41. The highest BCUT2D eigenvalue weighted by Crippen LogP contribution is 2.13. The first-order chi connectivity index (χ1) is 7.70. The zero-order valence-electron chi connectivity index (χ0n) is 8.88. The first-order valence-electron chi connectivity index (χ1n) is 4.81. The fourth-order valence-corrected chi connectivity index (χ4v) is 1.19. The zero-order valence-corrected chi connectivity index (χ0v) is 8.88. The van der Waals surface area contributed by atoms with E-state index in [0.717, 1.165) is 11.1 Å². The molecule has 16 heavy (non-hydrogen) atoms. The first-order valence-corrected chi connectivity index (χ1v) is 4.81. The topological polar surface area (TPSA) is 104 Å². The summed E-state index contributed by atoms with van der Waals surface area (Å²) in [6, 6.07) is 0. The summed E-state index contributed by atoms with van der Waals surface area (Å²) in [6.07, 6.45) is 5.01. The van der Waals surface area contributed by atoms with Gasteiger partial charge in [0.1, 0.15) is 5.82 Å². The Bertz CT molecular complexity index is 493. The van der Waals surface area contributed by atoms with Gasteiger partial charge in [0.2, 0.25) is 0 Å². The van der Waals surface area contributed by atoms with Gasteiger partial charge in [-0.1, -0.05) is 0 Å². The monoisotopic (exact) mass is 216 g/mol.